The van der Waals surface area contributed by atoms with Gasteiger partial charge in [-0.2, -0.15) is 0 Å². The summed E-state index contributed by atoms with van der Waals surface area (Å²) in [4.78, 5) is 12.4. The fourth-order valence-corrected chi connectivity index (χ4v) is 4.53. The van der Waals surface area contributed by atoms with Gasteiger partial charge in [-0.1, -0.05) is 43.6 Å². The van der Waals surface area contributed by atoms with Crippen LogP contribution >= 0.6 is 43.6 Å². The second-order valence-electron chi connectivity index (χ2n) is 6.28. The minimum absolute atomic E-state index is 0.117. The average Bonchev–Trinajstić information content (AvgIpc) is 2.99. The van der Waals surface area contributed by atoms with Crippen molar-refractivity contribution in [2.45, 2.75) is 19.0 Å². The molecule has 0 atom stereocenters. The van der Waals surface area contributed by atoms with E-state index < -0.39 is 0 Å². The molecule has 146 valence electrons. The number of thioether (sulfide) groups is 1. The van der Waals surface area contributed by atoms with E-state index >= 15 is 0 Å². The lowest BCUT2D eigenvalue weighted by atomic mass is 10.1. The lowest BCUT2D eigenvalue weighted by Gasteiger charge is -2.12. The number of benzene rings is 2. The first-order chi connectivity index (χ1) is 13.3. The third-order valence-corrected chi connectivity index (χ3v) is 6.10. The highest BCUT2D eigenvalue weighted by Crippen LogP contribution is 2.32. The summed E-state index contributed by atoms with van der Waals surface area (Å²) in [6, 6.07) is 9.06. The van der Waals surface area contributed by atoms with Crippen LogP contribution in [0, 0.1) is 13.8 Å². The number of halogens is 2. The van der Waals surface area contributed by atoms with Crippen LogP contribution in [0.2, 0.25) is 0 Å². The second kappa shape index (κ2) is 8.67. The summed E-state index contributed by atoms with van der Waals surface area (Å²) in [6.07, 6.45) is 0. The second-order valence-corrected chi connectivity index (χ2v) is 9.05. The number of amides is 1. The molecule has 28 heavy (non-hydrogen) atoms. The minimum atomic E-state index is -0.117. The number of nitrogens with one attached hydrogen (secondary N) is 1. The predicted molar refractivity (Wildman–Crippen MR) is 119 cm³/mol. The van der Waals surface area contributed by atoms with E-state index in [4.69, 9.17) is 0 Å². The highest BCUT2D eigenvalue weighted by molar-refractivity contribution is 9.10. The van der Waals surface area contributed by atoms with Crippen molar-refractivity contribution in [1.29, 1.82) is 0 Å². The Labute approximate surface area is 184 Å². The van der Waals surface area contributed by atoms with E-state index in [1.807, 2.05) is 26.0 Å². The predicted octanol–water partition coefficient (Wildman–Crippen LogP) is 5.06. The van der Waals surface area contributed by atoms with Crippen LogP contribution in [0.4, 0.5) is 5.69 Å². The van der Waals surface area contributed by atoms with Crippen LogP contribution in [0.5, 0.6) is 5.75 Å². The Balaban J connectivity index is 1.71. The third-order valence-electron chi connectivity index (χ3n) is 4.13. The normalized spacial score (nSPS) is 10.9. The van der Waals surface area contributed by atoms with Gasteiger partial charge < -0.3 is 15.0 Å². The van der Waals surface area contributed by atoms with Gasteiger partial charge in [-0.05, 0) is 55.3 Å². The monoisotopic (exact) mass is 524 g/mol. The molecule has 0 aliphatic rings. The van der Waals surface area contributed by atoms with E-state index in [9.17, 15) is 9.90 Å². The quantitative estimate of drug-likeness (QED) is 0.455. The number of phenolic OH excluding ortho intramolecular Hbond substituents is 1. The van der Waals surface area contributed by atoms with E-state index in [0.717, 1.165) is 25.8 Å². The van der Waals surface area contributed by atoms with Crippen molar-refractivity contribution < 1.29 is 9.90 Å². The minimum Gasteiger partial charge on any atom is -0.507 e. The number of hydrogen-bond acceptors (Lipinski definition) is 5. The van der Waals surface area contributed by atoms with Crippen molar-refractivity contribution in [3.63, 3.8) is 0 Å². The first kappa shape index (κ1) is 20.9. The number of hydrogen-bond donors (Lipinski definition) is 2. The molecule has 1 aromatic heterocycles. The van der Waals surface area contributed by atoms with Crippen molar-refractivity contribution >= 4 is 55.2 Å². The van der Waals surface area contributed by atoms with Gasteiger partial charge in [0, 0.05) is 21.7 Å². The zero-order valence-electron chi connectivity index (χ0n) is 15.5. The lowest BCUT2D eigenvalue weighted by Crippen LogP contribution is -2.16. The smallest absolute Gasteiger partial charge is 0.234 e. The first-order valence-corrected chi connectivity index (χ1v) is 10.9. The molecule has 3 rings (SSSR count). The zero-order valence-corrected chi connectivity index (χ0v) is 19.4. The molecular formula is C19H18Br2N4O2S. The zero-order chi connectivity index (χ0) is 20.4. The molecular weight excluding hydrogens is 508 g/mol. The topological polar surface area (TPSA) is 80.0 Å². The summed E-state index contributed by atoms with van der Waals surface area (Å²) in [6.45, 7) is 3.92. The Morgan fingerprint density at radius 3 is 2.50 bits per heavy atom. The largest absolute Gasteiger partial charge is 0.507 e. The van der Waals surface area contributed by atoms with Crippen LogP contribution in [-0.2, 0) is 11.8 Å². The van der Waals surface area contributed by atoms with Gasteiger partial charge in [0.1, 0.15) is 5.75 Å². The molecule has 0 saturated heterocycles. The van der Waals surface area contributed by atoms with Crippen molar-refractivity contribution in [3.8, 4) is 17.1 Å². The fourth-order valence-electron chi connectivity index (χ4n) is 2.78. The van der Waals surface area contributed by atoms with Crippen LogP contribution < -0.4 is 5.32 Å². The molecule has 0 radical (unpaired) electrons. The van der Waals surface area contributed by atoms with Crippen LogP contribution in [0.3, 0.4) is 0 Å². The van der Waals surface area contributed by atoms with E-state index in [-0.39, 0.29) is 17.4 Å². The molecule has 0 spiro atoms. The Hall–Kier alpha value is -1.84. The van der Waals surface area contributed by atoms with Crippen molar-refractivity contribution in [3.05, 3.63) is 50.4 Å². The molecule has 0 saturated carbocycles. The molecule has 0 bridgehead atoms. The van der Waals surface area contributed by atoms with Gasteiger partial charge in [0.15, 0.2) is 11.0 Å². The number of anilines is 1. The maximum atomic E-state index is 12.4. The van der Waals surface area contributed by atoms with Gasteiger partial charge >= 0.3 is 0 Å². The highest BCUT2D eigenvalue weighted by Gasteiger charge is 2.16. The average molecular weight is 526 g/mol. The van der Waals surface area contributed by atoms with E-state index in [1.54, 1.807) is 29.8 Å². The number of rotatable bonds is 5. The van der Waals surface area contributed by atoms with Gasteiger partial charge in [0.2, 0.25) is 5.91 Å². The number of nitrogens with zero attached hydrogens (tertiary/aromatic N) is 3. The third kappa shape index (κ3) is 4.59. The fraction of sp³-hybridized carbons (Fsp3) is 0.211. The molecule has 0 aliphatic carbocycles. The molecule has 0 unspecified atom stereocenters. The molecule has 0 fully saturated rings. The standard InChI is InChI=1S/C19H18Br2N4O2S/c1-10-6-13(21)7-11(2)17(10)22-16(27)9-28-19-24-23-18(25(19)3)14-8-12(20)4-5-15(14)26/h4-8,26H,9H2,1-3H3,(H,22,27). The summed E-state index contributed by atoms with van der Waals surface area (Å²) in [5.74, 6) is 0.731. The van der Waals surface area contributed by atoms with E-state index in [2.05, 4.69) is 47.4 Å². The van der Waals surface area contributed by atoms with Crippen LogP contribution in [0.1, 0.15) is 11.1 Å². The van der Waals surface area contributed by atoms with Gasteiger partial charge in [-0.15, -0.1) is 10.2 Å². The van der Waals surface area contributed by atoms with Crippen molar-refractivity contribution in [1.82, 2.24) is 14.8 Å². The molecule has 9 heteroatoms. The van der Waals surface area contributed by atoms with Gasteiger partial charge in [-0.25, -0.2) is 0 Å². The summed E-state index contributed by atoms with van der Waals surface area (Å²) in [5, 5.41) is 22.0. The number of phenols is 1. The molecule has 1 heterocycles. The molecule has 0 aliphatic heterocycles. The van der Waals surface area contributed by atoms with E-state index in [0.29, 0.717) is 16.5 Å². The Bertz CT molecular complexity index is 1030. The number of carbonyl (C=O) groups excluding carboxylic acids is 1. The maximum absolute atomic E-state index is 12.4. The maximum Gasteiger partial charge on any atom is 0.234 e. The summed E-state index contributed by atoms with van der Waals surface area (Å²) >= 11 is 8.14. The van der Waals surface area contributed by atoms with Crippen molar-refractivity contribution in [2.75, 3.05) is 11.1 Å². The molecule has 2 aromatic carbocycles. The van der Waals surface area contributed by atoms with Gasteiger partial charge in [0.05, 0.1) is 11.3 Å². The number of aromatic nitrogens is 3. The molecule has 1 amide bonds. The van der Waals surface area contributed by atoms with Crippen molar-refractivity contribution in [2.24, 2.45) is 7.05 Å². The van der Waals surface area contributed by atoms with Crippen LogP contribution in [-0.4, -0.2) is 31.5 Å². The summed E-state index contributed by atoms with van der Waals surface area (Å²) < 4.78 is 3.57. The Kier molecular flexibility index (Phi) is 6.47. The summed E-state index contributed by atoms with van der Waals surface area (Å²) in [7, 11) is 1.80. The SMILES string of the molecule is Cc1cc(Br)cc(C)c1NC(=O)CSc1nnc(-c2cc(Br)ccc2O)n1C. The molecule has 2 N–H and O–H groups in total. The molecule has 6 nitrogen and oxygen atoms in total. The highest BCUT2D eigenvalue weighted by atomic mass is 79.9. The lowest BCUT2D eigenvalue weighted by molar-refractivity contribution is -0.113. The number of aryl methyl sites for hydroxylation is 2. The van der Waals surface area contributed by atoms with Crippen LogP contribution in [0.15, 0.2) is 44.4 Å². The Morgan fingerprint density at radius 2 is 1.82 bits per heavy atom. The van der Waals surface area contributed by atoms with Gasteiger partial charge in [-0.3, -0.25) is 4.79 Å². The molecule has 3 aromatic rings. The van der Waals surface area contributed by atoms with Crippen LogP contribution in [0.25, 0.3) is 11.4 Å². The van der Waals surface area contributed by atoms with E-state index in [1.165, 1.54) is 11.8 Å². The summed E-state index contributed by atoms with van der Waals surface area (Å²) in [5.41, 5.74) is 3.39. The first-order valence-electron chi connectivity index (χ1n) is 8.34. The Morgan fingerprint density at radius 1 is 1.14 bits per heavy atom. The van der Waals surface area contributed by atoms with Gasteiger partial charge in [0.25, 0.3) is 0 Å². The number of aromatic hydroxyl groups is 1. The number of carbonyl (C=O) groups is 1.